The molecule has 0 saturated carbocycles. The van der Waals surface area contributed by atoms with Crippen molar-refractivity contribution in [2.45, 2.75) is 48.5 Å². The van der Waals surface area contributed by atoms with Gasteiger partial charge in [0.1, 0.15) is 9.75 Å². The maximum Gasteiger partial charge on any atom is 0.306 e. The van der Waals surface area contributed by atoms with Crippen LogP contribution in [-0.4, -0.2) is 41.1 Å². The number of Topliss-reactive ketones (excluding diaryl/α,β-unsaturated/α-hetero) is 1. The molecule has 2 bridgehead atoms. The molecule has 3 atom stereocenters. The number of ketones is 1. The van der Waals surface area contributed by atoms with Crippen LogP contribution in [0.15, 0.2) is 78.9 Å². The van der Waals surface area contributed by atoms with Gasteiger partial charge in [-0.25, -0.2) is 0 Å². The highest BCUT2D eigenvalue weighted by Gasteiger charge is 2.72. The zero-order valence-corrected chi connectivity index (χ0v) is 24.0. The van der Waals surface area contributed by atoms with Crippen LogP contribution in [0.1, 0.15) is 65.2 Å². The van der Waals surface area contributed by atoms with Gasteiger partial charge in [0.2, 0.25) is 17.6 Å². The summed E-state index contributed by atoms with van der Waals surface area (Å²) in [5.41, 5.74) is 3.60. The van der Waals surface area contributed by atoms with Gasteiger partial charge in [0.15, 0.2) is 6.10 Å². The Balaban J connectivity index is 1.10. The Labute approximate surface area is 248 Å². The number of benzene rings is 3. The van der Waals surface area contributed by atoms with Gasteiger partial charge in [-0.2, -0.15) is 0 Å². The minimum atomic E-state index is -1.19. The summed E-state index contributed by atoms with van der Waals surface area (Å²) in [6.07, 6.45) is 0.889. The zero-order chi connectivity index (χ0) is 28.9. The molecular formula is C33H29Cl2NO5. The third kappa shape index (κ3) is 4.14. The molecule has 3 aliphatic carbocycles. The van der Waals surface area contributed by atoms with E-state index in [-0.39, 0.29) is 30.6 Å². The van der Waals surface area contributed by atoms with E-state index in [2.05, 4.69) is 0 Å². The van der Waals surface area contributed by atoms with E-state index in [1.807, 2.05) is 54.6 Å². The Morgan fingerprint density at radius 2 is 1.22 bits per heavy atom. The van der Waals surface area contributed by atoms with Gasteiger partial charge >= 0.3 is 5.97 Å². The van der Waals surface area contributed by atoms with Crippen LogP contribution >= 0.6 is 23.2 Å². The Kier molecular flexibility index (Phi) is 7.03. The minimum absolute atomic E-state index is 0.139. The van der Waals surface area contributed by atoms with Crippen molar-refractivity contribution in [1.82, 2.24) is 4.90 Å². The Bertz CT molecular complexity index is 1430. The van der Waals surface area contributed by atoms with E-state index in [1.54, 1.807) is 31.2 Å². The molecule has 7 rings (SSSR count). The van der Waals surface area contributed by atoms with Crippen LogP contribution in [-0.2, 0) is 28.9 Å². The number of unbranched alkanes of at least 4 members (excludes halogenated alkanes) is 2. The lowest BCUT2D eigenvalue weighted by Gasteiger charge is -2.54. The highest BCUT2D eigenvalue weighted by Crippen LogP contribution is 2.69. The van der Waals surface area contributed by atoms with Crippen molar-refractivity contribution in [3.8, 4) is 0 Å². The third-order valence-electron chi connectivity index (χ3n) is 8.67. The maximum absolute atomic E-state index is 13.8. The van der Waals surface area contributed by atoms with E-state index in [4.69, 9.17) is 27.9 Å². The summed E-state index contributed by atoms with van der Waals surface area (Å²) in [6, 6.07) is 23.8. The molecule has 1 fully saturated rings. The van der Waals surface area contributed by atoms with Crippen LogP contribution in [0.2, 0.25) is 0 Å². The smallest absolute Gasteiger partial charge is 0.306 e. The van der Waals surface area contributed by atoms with E-state index in [0.29, 0.717) is 24.8 Å². The van der Waals surface area contributed by atoms with E-state index < -0.39 is 33.7 Å². The second kappa shape index (κ2) is 10.4. The predicted molar refractivity (Wildman–Crippen MR) is 155 cm³/mol. The van der Waals surface area contributed by atoms with E-state index in [1.165, 1.54) is 4.90 Å². The standard InChI is InChI=1S/C33H29Cl2NO5/c1-20(29(38)21-12-4-2-5-13-21)41-26(37)18-6-3-11-19-36-30(39)27-28(31(36)40)33(35)23-15-8-7-14-22(23)32(27,34)24-16-9-10-17-25(24)33/h2,4-5,7-10,12-17,20,27-28H,3,6,11,18-19H2,1H3/t20-,27+,28+,32?,33?/m0/s1. The van der Waals surface area contributed by atoms with Crippen LogP contribution in [0.5, 0.6) is 0 Å². The molecule has 1 aliphatic heterocycles. The summed E-state index contributed by atoms with van der Waals surface area (Å²) in [6.45, 7) is 1.78. The van der Waals surface area contributed by atoms with Crippen molar-refractivity contribution >= 4 is 46.8 Å². The maximum atomic E-state index is 13.8. The zero-order valence-electron chi connectivity index (χ0n) is 22.5. The minimum Gasteiger partial charge on any atom is -0.454 e. The van der Waals surface area contributed by atoms with Crippen LogP contribution in [0.3, 0.4) is 0 Å². The number of esters is 1. The molecule has 1 saturated heterocycles. The molecule has 1 heterocycles. The summed E-state index contributed by atoms with van der Waals surface area (Å²) in [5, 5.41) is 0. The summed E-state index contributed by atoms with van der Waals surface area (Å²) in [5.74, 6) is -2.94. The molecule has 4 aliphatic rings. The SMILES string of the molecule is C[C@H](OC(=O)CCCCCN1C(=O)[C@H]2[C@H](C1=O)C1(Cl)c3ccccc3C2(Cl)c2ccccc21)C(=O)c1ccccc1. The highest BCUT2D eigenvalue weighted by molar-refractivity contribution is 6.36. The number of imide groups is 1. The van der Waals surface area contributed by atoms with Gasteiger partial charge in [0, 0.05) is 18.5 Å². The van der Waals surface area contributed by atoms with Gasteiger partial charge in [-0.05, 0) is 42.0 Å². The number of amides is 2. The van der Waals surface area contributed by atoms with Crippen molar-refractivity contribution in [3.63, 3.8) is 0 Å². The lowest BCUT2D eigenvalue weighted by atomic mass is 9.54. The van der Waals surface area contributed by atoms with E-state index in [9.17, 15) is 19.2 Å². The Hall–Kier alpha value is -3.48. The van der Waals surface area contributed by atoms with Gasteiger partial charge in [-0.3, -0.25) is 24.1 Å². The van der Waals surface area contributed by atoms with Gasteiger partial charge < -0.3 is 4.74 Å². The normalized spacial score (nSPS) is 26.3. The summed E-state index contributed by atoms with van der Waals surface area (Å²) in [7, 11) is 0. The fourth-order valence-corrected chi connectivity index (χ4v) is 7.91. The fourth-order valence-electron chi connectivity index (χ4n) is 6.81. The Morgan fingerprint density at radius 1 is 0.756 bits per heavy atom. The van der Waals surface area contributed by atoms with E-state index in [0.717, 1.165) is 22.3 Å². The lowest BCUT2D eigenvalue weighted by molar-refractivity contribution is -0.146. The van der Waals surface area contributed by atoms with Crippen molar-refractivity contribution in [1.29, 1.82) is 0 Å². The first kappa shape index (κ1) is 27.7. The molecule has 0 radical (unpaired) electrons. The molecule has 6 nitrogen and oxygen atoms in total. The highest BCUT2D eigenvalue weighted by atomic mass is 35.5. The number of alkyl halides is 2. The van der Waals surface area contributed by atoms with Crippen LogP contribution in [0, 0.1) is 11.8 Å². The number of carbonyl (C=O) groups excluding carboxylic acids is 4. The monoisotopic (exact) mass is 589 g/mol. The first-order chi connectivity index (χ1) is 19.7. The Morgan fingerprint density at radius 3 is 1.71 bits per heavy atom. The number of nitrogens with zero attached hydrogens (tertiary/aromatic N) is 1. The van der Waals surface area contributed by atoms with Gasteiger partial charge in [0.05, 0.1) is 11.8 Å². The fraction of sp³-hybridized carbons (Fsp3) is 0.333. The second-order valence-corrected chi connectivity index (χ2v) is 12.2. The molecule has 0 aromatic heterocycles. The van der Waals surface area contributed by atoms with Crippen molar-refractivity contribution in [2.24, 2.45) is 11.8 Å². The van der Waals surface area contributed by atoms with Crippen LogP contribution in [0.25, 0.3) is 0 Å². The molecule has 3 aromatic rings. The van der Waals surface area contributed by atoms with Crippen molar-refractivity contribution in [2.75, 3.05) is 6.54 Å². The summed E-state index contributed by atoms with van der Waals surface area (Å²) < 4.78 is 5.32. The third-order valence-corrected chi connectivity index (χ3v) is 9.96. The molecule has 210 valence electrons. The van der Waals surface area contributed by atoms with Crippen LogP contribution in [0.4, 0.5) is 0 Å². The average molecular weight is 591 g/mol. The largest absolute Gasteiger partial charge is 0.454 e. The number of carbonyl (C=O) groups is 4. The summed E-state index contributed by atoms with van der Waals surface area (Å²) >= 11 is 14.9. The van der Waals surface area contributed by atoms with Crippen molar-refractivity contribution < 1.29 is 23.9 Å². The molecule has 0 N–H and O–H groups in total. The molecule has 2 amide bonds. The first-order valence-electron chi connectivity index (χ1n) is 13.9. The second-order valence-electron chi connectivity index (χ2n) is 11.0. The summed E-state index contributed by atoms with van der Waals surface area (Å²) in [4.78, 5) is 51.4. The molecule has 8 heteroatoms. The molecule has 3 aromatic carbocycles. The number of ether oxygens (including phenoxy) is 1. The van der Waals surface area contributed by atoms with E-state index >= 15 is 0 Å². The molecular weight excluding hydrogens is 561 g/mol. The van der Waals surface area contributed by atoms with Crippen molar-refractivity contribution in [3.05, 3.63) is 107 Å². The number of likely N-dealkylation sites (tertiary alicyclic amines) is 1. The lowest BCUT2D eigenvalue weighted by Crippen LogP contribution is -2.57. The average Bonchev–Trinajstić information content (AvgIpc) is 3.25. The van der Waals surface area contributed by atoms with Gasteiger partial charge in [0.25, 0.3) is 0 Å². The van der Waals surface area contributed by atoms with Crippen LogP contribution < -0.4 is 0 Å². The first-order valence-corrected chi connectivity index (χ1v) is 14.7. The molecule has 0 spiro atoms. The number of hydrogen-bond donors (Lipinski definition) is 0. The number of hydrogen-bond acceptors (Lipinski definition) is 5. The molecule has 0 unspecified atom stereocenters. The molecule has 41 heavy (non-hydrogen) atoms. The number of rotatable bonds is 9. The van der Waals surface area contributed by atoms with Gasteiger partial charge in [-0.1, -0.05) is 85.3 Å². The topological polar surface area (TPSA) is 80.8 Å². The quantitative estimate of drug-likeness (QED) is 0.101. The predicted octanol–water partition coefficient (Wildman–Crippen LogP) is 5.95. The van der Waals surface area contributed by atoms with Gasteiger partial charge in [-0.15, -0.1) is 23.2 Å². The number of halogens is 2.